The molecule has 3 fully saturated rings. The van der Waals surface area contributed by atoms with E-state index in [-0.39, 0.29) is 0 Å². The van der Waals surface area contributed by atoms with Crippen LogP contribution in [0, 0.1) is 53.3 Å². The van der Waals surface area contributed by atoms with E-state index in [2.05, 4.69) is 34.6 Å². The Morgan fingerprint density at radius 1 is 0.655 bits per heavy atom. The van der Waals surface area contributed by atoms with Crippen molar-refractivity contribution < 1.29 is 0 Å². The highest BCUT2D eigenvalue weighted by molar-refractivity contribution is 4.87. The highest BCUT2D eigenvalue weighted by Crippen LogP contribution is 2.47. The quantitative estimate of drug-likeness (QED) is 0.379. The molecule has 29 heavy (non-hydrogen) atoms. The summed E-state index contributed by atoms with van der Waals surface area (Å²) in [6.07, 6.45) is 22.7. The molecule has 0 amide bonds. The van der Waals surface area contributed by atoms with Crippen molar-refractivity contribution in [2.45, 2.75) is 131 Å². The Bertz CT molecular complexity index is 437. The van der Waals surface area contributed by atoms with Crippen LogP contribution in [0.3, 0.4) is 0 Å². The summed E-state index contributed by atoms with van der Waals surface area (Å²) in [4.78, 5) is 0. The largest absolute Gasteiger partial charge is 0.0654 e. The van der Waals surface area contributed by atoms with Gasteiger partial charge in [-0.05, 0) is 105 Å². The van der Waals surface area contributed by atoms with Gasteiger partial charge in [0.1, 0.15) is 0 Å². The molecule has 5 atom stereocenters. The molecular weight excluding hydrogens is 348 g/mol. The van der Waals surface area contributed by atoms with Crippen LogP contribution < -0.4 is 0 Å². The highest BCUT2D eigenvalue weighted by atomic mass is 14.4. The van der Waals surface area contributed by atoms with E-state index in [0.717, 1.165) is 53.3 Å². The Labute approximate surface area is 184 Å². The maximum Gasteiger partial charge on any atom is -0.0360 e. The molecule has 3 rings (SSSR count). The van der Waals surface area contributed by atoms with Crippen LogP contribution in [-0.4, -0.2) is 0 Å². The summed E-state index contributed by atoms with van der Waals surface area (Å²) in [6.45, 7) is 12.6. The molecule has 0 N–H and O–H groups in total. The molecule has 0 spiro atoms. The molecule has 5 unspecified atom stereocenters. The van der Waals surface area contributed by atoms with Crippen molar-refractivity contribution in [3.05, 3.63) is 0 Å². The Morgan fingerprint density at radius 2 is 1.24 bits per heavy atom. The fourth-order valence-corrected chi connectivity index (χ4v) is 7.86. The van der Waals surface area contributed by atoms with Crippen molar-refractivity contribution in [3.8, 4) is 0 Å². The lowest BCUT2D eigenvalue weighted by atomic mass is 9.62. The van der Waals surface area contributed by atoms with E-state index < -0.39 is 0 Å². The van der Waals surface area contributed by atoms with Crippen molar-refractivity contribution in [2.24, 2.45) is 53.3 Å². The zero-order chi connectivity index (χ0) is 20.8. The number of hydrogen-bond donors (Lipinski definition) is 0. The standard InChI is InChI=1S/C29H54/c1-6-7-27(17-12-23(4)25-13-8-21(2)9-14-25)29-19-18-28(20-24(29)5)26-15-10-22(3)11-16-26/h21-29H,6-20H2,1-5H3. The lowest BCUT2D eigenvalue weighted by molar-refractivity contribution is 0.0735. The minimum absolute atomic E-state index is 0.970. The second-order valence-corrected chi connectivity index (χ2v) is 12.4. The predicted molar refractivity (Wildman–Crippen MR) is 129 cm³/mol. The van der Waals surface area contributed by atoms with E-state index in [0.29, 0.717) is 0 Å². The SMILES string of the molecule is CCCC(CCC(C)C1CCC(C)CC1)C1CCC(C2CCC(C)CC2)CC1C. The van der Waals surface area contributed by atoms with Gasteiger partial charge < -0.3 is 0 Å². The first-order valence-corrected chi connectivity index (χ1v) is 14.0. The normalized spacial score (nSPS) is 41.1. The molecule has 0 heteroatoms. The van der Waals surface area contributed by atoms with E-state index in [9.17, 15) is 0 Å². The molecule has 0 nitrogen and oxygen atoms in total. The molecule has 170 valence electrons. The molecule has 0 aliphatic heterocycles. The van der Waals surface area contributed by atoms with E-state index in [1.807, 2.05) is 0 Å². The van der Waals surface area contributed by atoms with Gasteiger partial charge in [-0.25, -0.2) is 0 Å². The van der Waals surface area contributed by atoms with Gasteiger partial charge in [0, 0.05) is 0 Å². The fraction of sp³-hybridized carbons (Fsp3) is 1.00. The lowest BCUT2D eigenvalue weighted by Crippen LogP contribution is -2.33. The zero-order valence-corrected chi connectivity index (χ0v) is 20.8. The average molecular weight is 403 g/mol. The van der Waals surface area contributed by atoms with Crippen LogP contribution >= 0.6 is 0 Å². The molecule has 0 heterocycles. The summed E-state index contributed by atoms with van der Waals surface area (Å²) in [5, 5.41) is 0. The van der Waals surface area contributed by atoms with Gasteiger partial charge in [0.2, 0.25) is 0 Å². The maximum atomic E-state index is 2.64. The topological polar surface area (TPSA) is 0 Å². The van der Waals surface area contributed by atoms with Crippen molar-refractivity contribution in [1.29, 1.82) is 0 Å². The summed E-state index contributed by atoms with van der Waals surface area (Å²) in [5.74, 6) is 9.19. The van der Waals surface area contributed by atoms with Crippen molar-refractivity contribution >= 4 is 0 Å². The molecule has 3 aliphatic carbocycles. The summed E-state index contributed by atoms with van der Waals surface area (Å²) in [6, 6.07) is 0. The van der Waals surface area contributed by atoms with Gasteiger partial charge in [-0.2, -0.15) is 0 Å². The fourth-order valence-electron chi connectivity index (χ4n) is 7.86. The Balaban J connectivity index is 1.47. The molecule has 0 aromatic rings. The van der Waals surface area contributed by atoms with Crippen molar-refractivity contribution in [1.82, 2.24) is 0 Å². The Morgan fingerprint density at radius 3 is 1.83 bits per heavy atom. The predicted octanol–water partition coefficient (Wildman–Crippen LogP) is 9.52. The third-order valence-corrected chi connectivity index (χ3v) is 10.1. The second kappa shape index (κ2) is 11.6. The van der Waals surface area contributed by atoms with Crippen molar-refractivity contribution in [3.63, 3.8) is 0 Å². The third-order valence-electron chi connectivity index (χ3n) is 10.1. The smallest absolute Gasteiger partial charge is 0.0360 e. The van der Waals surface area contributed by atoms with Crippen LogP contribution in [0.1, 0.15) is 131 Å². The molecular formula is C29H54. The van der Waals surface area contributed by atoms with Gasteiger partial charge in [-0.3, -0.25) is 0 Å². The van der Waals surface area contributed by atoms with E-state index in [1.54, 1.807) is 32.1 Å². The molecule has 0 radical (unpaired) electrons. The molecule has 0 aromatic carbocycles. The van der Waals surface area contributed by atoms with E-state index in [1.165, 1.54) is 64.2 Å². The van der Waals surface area contributed by atoms with Crippen LogP contribution in [0.5, 0.6) is 0 Å². The summed E-state index contributed by atoms with van der Waals surface area (Å²) >= 11 is 0. The molecule has 3 saturated carbocycles. The first kappa shape index (κ1) is 23.7. The summed E-state index contributed by atoms with van der Waals surface area (Å²) in [5.41, 5.74) is 0. The van der Waals surface area contributed by atoms with E-state index >= 15 is 0 Å². The number of rotatable bonds is 8. The lowest BCUT2D eigenvalue weighted by Gasteiger charge is -2.43. The van der Waals surface area contributed by atoms with Gasteiger partial charge in [0.05, 0.1) is 0 Å². The van der Waals surface area contributed by atoms with Crippen LogP contribution in [0.15, 0.2) is 0 Å². The van der Waals surface area contributed by atoms with Crippen LogP contribution in [0.4, 0.5) is 0 Å². The first-order chi connectivity index (χ1) is 14.0. The molecule has 0 aromatic heterocycles. The monoisotopic (exact) mass is 402 g/mol. The van der Waals surface area contributed by atoms with Gasteiger partial charge in [-0.15, -0.1) is 0 Å². The van der Waals surface area contributed by atoms with E-state index in [4.69, 9.17) is 0 Å². The first-order valence-electron chi connectivity index (χ1n) is 14.0. The van der Waals surface area contributed by atoms with Crippen LogP contribution in [0.25, 0.3) is 0 Å². The minimum Gasteiger partial charge on any atom is -0.0654 e. The highest BCUT2D eigenvalue weighted by Gasteiger charge is 2.36. The summed E-state index contributed by atoms with van der Waals surface area (Å²) in [7, 11) is 0. The van der Waals surface area contributed by atoms with Crippen LogP contribution in [0.2, 0.25) is 0 Å². The van der Waals surface area contributed by atoms with Gasteiger partial charge >= 0.3 is 0 Å². The third kappa shape index (κ3) is 6.74. The van der Waals surface area contributed by atoms with Crippen molar-refractivity contribution in [2.75, 3.05) is 0 Å². The second-order valence-electron chi connectivity index (χ2n) is 12.4. The molecule has 3 aliphatic rings. The van der Waals surface area contributed by atoms with Crippen LogP contribution in [-0.2, 0) is 0 Å². The molecule has 0 saturated heterocycles. The zero-order valence-electron chi connectivity index (χ0n) is 20.8. The van der Waals surface area contributed by atoms with Gasteiger partial charge in [0.25, 0.3) is 0 Å². The van der Waals surface area contributed by atoms with Gasteiger partial charge in [-0.1, -0.05) is 79.6 Å². The minimum atomic E-state index is 0.970. The van der Waals surface area contributed by atoms with Gasteiger partial charge in [0.15, 0.2) is 0 Å². The number of hydrogen-bond acceptors (Lipinski definition) is 0. The molecule has 0 bridgehead atoms. The average Bonchev–Trinajstić information content (AvgIpc) is 2.72. The Kier molecular flexibility index (Phi) is 9.44. The maximum absolute atomic E-state index is 2.64. The Hall–Kier alpha value is 0. The summed E-state index contributed by atoms with van der Waals surface area (Å²) < 4.78 is 0.